The van der Waals surface area contributed by atoms with Crippen molar-refractivity contribution in [2.75, 3.05) is 24.1 Å². The number of para-hydroxylation sites is 1. The zero-order valence-corrected chi connectivity index (χ0v) is 19.1. The van der Waals surface area contributed by atoms with E-state index in [1.807, 2.05) is 42.5 Å². The van der Waals surface area contributed by atoms with E-state index in [4.69, 9.17) is 21.6 Å². The van der Waals surface area contributed by atoms with Crippen molar-refractivity contribution in [3.63, 3.8) is 0 Å². The third-order valence-corrected chi connectivity index (χ3v) is 5.71. The maximum atomic E-state index is 12.3. The average Bonchev–Trinajstić information content (AvgIpc) is 2.84. The van der Waals surface area contributed by atoms with E-state index in [1.54, 1.807) is 24.0 Å². The van der Waals surface area contributed by atoms with Crippen molar-refractivity contribution in [3.8, 4) is 11.5 Å². The molecule has 176 valence electrons. The van der Waals surface area contributed by atoms with Gasteiger partial charge in [0.15, 0.2) is 0 Å². The van der Waals surface area contributed by atoms with E-state index >= 15 is 0 Å². The van der Waals surface area contributed by atoms with Crippen LogP contribution in [0.25, 0.3) is 0 Å². The molecule has 9 nitrogen and oxygen atoms in total. The van der Waals surface area contributed by atoms with E-state index in [9.17, 15) is 4.79 Å². The summed E-state index contributed by atoms with van der Waals surface area (Å²) in [6, 6.07) is 16.2. The van der Waals surface area contributed by atoms with Gasteiger partial charge in [0.2, 0.25) is 5.91 Å². The number of benzene rings is 2. The van der Waals surface area contributed by atoms with Gasteiger partial charge in [-0.3, -0.25) is 10.2 Å². The number of likely N-dealkylation sites (tertiary alicyclic amines) is 1. The molecule has 0 bridgehead atoms. The molecule has 1 amide bonds. The highest BCUT2D eigenvalue weighted by Gasteiger charge is 2.27. The predicted octanol–water partition coefficient (Wildman–Crippen LogP) is 3.02. The molecule has 2 unspecified atom stereocenters. The predicted molar refractivity (Wildman–Crippen MR) is 132 cm³/mol. The maximum absolute atomic E-state index is 12.3. The lowest BCUT2D eigenvalue weighted by molar-refractivity contribution is -0.133. The molecule has 1 aliphatic rings. The number of anilines is 2. The van der Waals surface area contributed by atoms with Crippen LogP contribution in [0.1, 0.15) is 30.9 Å². The van der Waals surface area contributed by atoms with Gasteiger partial charge in [-0.2, -0.15) is 0 Å². The molecular formula is C25H29N7O2. The van der Waals surface area contributed by atoms with E-state index in [2.05, 4.69) is 15.3 Å². The van der Waals surface area contributed by atoms with Crippen molar-refractivity contribution >= 4 is 23.3 Å². The van der Waals surface area contributed by atoms with E-state index in [1.165, 1.54) is 6.33 Å². The van der Waals surface area contributed by atoms with Gasteiger partial charge in [-0.25, -0.2) is 9.97 Å². The fourth-order valence-electron chi connectivity index (χ4n) is 3.99. The van der Waals surface area contributed by atoms with Crippen molar-refractivity contribution in [1.29, 1.82) is 5.41 Å². The van der Waals surface area contributed by atoms with Crippen molar-refractivity contribution in [2.45, 2.75) is 31.8 Å². The first-order valence-corrected chi connectivity index (χ1v) is 11.3. The minimum absolute atomic E-state index is 0.0288. The summed E-state index contributed by atoms with van der Waals surface area (Å²) in [6.45, 7) is 2.90. The summed E-state index contributed by atoms with van der Waals surface area (Å²) in [6.07, 6.45) is 3.09. The van der Waals surface area contributed by atoms with Crippen molar-refractivity contribution in [3.05, 3.63) is 72.1 Å². The largest absolute Gasteiger partial charge is 0.457 e. The molecule has 3 aromatic rings. The second-order valence-corrected chi connectivity index (χ2v) is 8.35. The van der Waals surface area contributed by atoms with Crippen molar-refractivity contribution in [2.24, 2.45) is 5.73 Å². The first-order chi connectivity index (χ1) is 16.4. The number of nitrogens with one attached hydrogen (secondary N) is 2. The molecule has 0 spiro atoms. The molecule has 1 aromatic heterocycles. The number of aromatic nitrogens is 2. The van der Waals surface area contributed by atoms with Crippen LogP contribution in [0.5, 0.6) is 11.5 Å². The first kappa shape index (κ1) is 23.2. The lowest BCUT2D eigenvalue weighted by Gasteiger charge is -2.34. The molecule has 0 aliphatic carbocycles. The highest BCUT2D eigenvalue weighted by Crippen LogP contribution is 2.26. The smallest absolute Gasteiger partial charge is 0.239 e. The minimum atomic E-state index is -0.536. The molecule has 2 aromatic carbocycles. The molecule has 34 heavy (non-hydrogen) atoms. The Bertz CT molecular complexity index is 1150. The maximum Gasteiger partial charge on any atom is 0.239 e. The Morgan fingerprint density at radius 2 is 1.85 bits per heavy atom. The Morgan fingerprint density at radius 3 is 2.56 bits per heavy atom. The van der Waals surface area contributed by atoms with Gasteiger partial charge in [0, 0.05) is 24.7 Å². The van der Waals surface area contributed by atoms with Gasteiger partial charge >= 0.3 is 0 Å². The van der Waals surface area contributed by atoms with E-state index in [0.717, 1.165) is 18.6 Å². The lowest BCUT2D eigenvalue weighted by Crippen LogP contribution is -2.50. The van der Waals surface area contributed by atoms with Gasteiger partial charge < -0.3 is 26.4 Å². The molecule has 1 aliphatic heterocycles. The standard InChI is InChI=1S/C25H29N7O2/c1-16(26)25(33)32-13-5-6-18(14-32)31-24-21(23(28)29-15-30-24)22(27)17-9-11-20(12-10-17)34-19-7-3-2-4-8-19/h2-4,7-12,15-16,18,27H,5-6,13-14,26H2,1H3,(H3,28,29,30,31). The molecule has 1 saturated heterocycles. The number of piperidine rings is 1. The third-order valence-electron chi connectivity index (χ3n) is 5.71. The highest BCUT2D eigenvalue weighted by atomic mass is 16.5. The van der Waals surface area contributed by atoms with E-state index in [0.29, 0.717) is 35.8 Å². The summed E-state index contributed by atoms with van der Waals surface area (Å²) >= 11 is 0. The normalized spacial score (nSPS) is 16.5. The fraction of sp³-hybridized carbons (Fsp3) is 0.280. The number of carbonyl (C=O) groups is 1. The number of ether oxygens (including phenoxy) is 1. The molecule has 9 heteroatoms. The molecule has 4 rings (SSSR count). The zero-order chi connectivity index (χ0) is 24.1. The fourth-order valence-corrected chi connectivity index (χ4v) is 3.99. The Hall–Kier alpha value is -3.98. The van der Waals surface area contributed by atoms with Gasteiger partial charge in [0.1, 0.15) is 29.5 Å². The number of hydrogen-bond donors (Lipinski definition) is 4. The van der Waals surface area contributed by atoms with Gasteiger partial charge in [0.05, 0.1) is 17.3 Å². The summed E-state index contributed by atoms with van der Waals surface area (Å²) in [5, 5.41) is 12.2. The Labute approximate surface area is 198 Å². The highest BCUT2D eigenvalue weighted by molar-refractivity contribution is 6.16. The van der Waals surface area contributed by atoms with Gasteiger partial charge in [0.25, 0.3) is 0 Å². The van der Waals surface area contributed by atoms with Crippen LogP contribution in [-0.4, -0.2) is 51.7 Å². The molecular weight excluding hydrogens is 430 g/mol. The van der Waals surface area contributed by atoms with Crippen LogP contribution in [0.15, 0.2) is 60.9 Å². The number of nitrogens with two attached hydrogens (primary N) is 2. The molecule has 2 heterocycles. The van der Waals surface area contributed by atoms with Crippen molar-refractivity contribution < 1.29 is 9.53 Å². The van der Waals surface area contributed by atoms with Crippen LogP contribution in [0.4, 0.5) is 11.6 Å². The van der Waals surface area contributed by atoms with Crippen LogP contribution in [0, 0.1) is 5.41 Å². The van der Waals surface area contributed by atoms with Gasteiger partial charge in [-0.05, 0) is 56.2 Å². The second-order valence-electron chi connectivity index (χ2n) is 8.35. The summed E-state index contributed by atoms with van der Waals surface area (Å²) in [5.41, 5.74) is 13.2. The Kier molecular flexibility index (Phi) is 7.03. The summed E-state index contributed by atoms with van der Waals surface area (Å²) in [7, 11) is 0. The van der Waals surface area contributed by atoms with Crippen molar-refractivity contribution in [1.82, 2.24) is 14.9 Å². The molecule has 6 N–H and O–H groups in total. The van der Waals surface area contributed by atoms with Crippen LogP contribution < -0.4 is 21.5 Å². The topological polar surface area (TPSA) is 143 Å². The minimum Gasteiger partial charge on any atom is -0.457 e. The molecule has 2 atom stereocenters. The SMILES string of the molecule is CC(N)C(=O)N1CCCC(Nc2ncnc(N)c2C(=N)c2ccc(Oc3ccccc3)cc2)C1. The summed E-state index contributed by atoms with van der Waals surface area (Å²) < 4.78 is 5.84. The Balaban J connectivity index is 1.51. The number of carbonyl (C=O) groups excluding carboxylic acids is 1. The molecule has 1 fully saturated rings. The number of nitrogens with zero attached hydrogens (tertiary/aromatic N) is 3. The Morgan fingerprint density at radius 1 is 1.15 bits per heavy atom. The third kappa shape index (κ3) is 5.32. The van der Waals surface area contributed by atoms with E-state index in [-0.39, 0.29) is 23.5 Å². The lowest BCUT2D eigenvalue weighted by atomic mass is 10.0. The number of rotatable bonds is 7. The van der Waals surface area contributed by atoms with Crippen LogP contribution >= 0.6 is 0 Å². The molecule has 0 radical (unpaired) electrons. The number of hydrogen-bond acceptors (Lipinski definition) is 8. The molecule has 0 saturated carbocycles. The zero-order valence-electron chi connectivity index (χ0n) is 19.1. The quantitative estimate of drug-likeness (QED) is 0.398. The second kappa shape index (κ2) is 10.3. The summed E-state index contributed by atoms with van der Waals surface area (Å²) in [4.78, 5) is 22.6. The van der Waals surface area contributed by atoms with Gasteiger partial charge in [-0.1, -0.05) is 18.2 Å². The van der Waals surface area contributed by atoms with Crippen LogP contribution in [0.2, 0.25) is 0 Å². The van der Waals surface area contributed by atoms with Crippen LogP contribution in [0.3, 0.4) is 0 Å². The summed E-state index contributed by atoms with van der Waals surface area (Å²) in [5.74, 6) is 2.02. The van der Waals surface area contributed by atoms with Gasteiger partial charge in [-0.15, -0.1) is 0 Å². The number of nitrogen functional groups attached to an aromatic ring is 1. The van der Waals surface area contributed by atoms with E-state index < -0.39 is 6.04 Å². The average molecular weight is 460 g/mol. The monoisotopic (exact) mass is 459 g/mol. The number of amides is 1. The van der Waals surface area contributed by atoms with Crippen LogP contribution in [-0.2, 0) is 4.79 Å². The first-order valence-electron chi connectivity index (χ1n) is 11.3.